The van der Waals surface area contributed by atoms with Gasteiger partial charge in [0.05, 0.1) is 16.9 Å². The number of hydrogen-bond acceptors (Lipinski definition) is 3. The number of nitrogens with zero attached hydrogens (tertiary/aromatic N) is 2. The van der Waals surface area contributed by atoms with Crippen LogP contribution < -0.4 is 10.6 Å². The van der Waals surface area contributed by atoms with E-state index in [9.17, 15) is 0 Å². The second kappa shape index (κ2) is 5.70. The minimum atomic E-state index is 0.619. The van der Waals surface area contributed by atoms with E-state index in [1.807, 2.05) is 12.3 Å². The first-order valence-electron chi connectivity index (χ1n) is 7.71. The SMILES string of the molecule is CCC1CCCCCN1c1ccc2ncccc2c1N. The van der Waals surface area contributed by atoms with Gasteiger partial charge in [-0.1, -0.05) is 19.8 Å². The highest BCUT2D eigenvalue weighted by atomic mass is 15.2. The summed E-state index contributed by atoms with van der Waals surface area (Å²) in [5.74, 6) is 0. The smallest absolute Gasteiger partial charge is 0.0724 e. The maximum absolute atomic E-state index is 6.44. The summed E-state index contributed by atoms with van der Waals surface area (Å²) in [6.45, 7) is 3.40. The van der Waals surface area contributed by atoms with Gasteiger partial charge in [-0.2, -0.15) is 0 Å². The van der Waals surface area contributed by atoms with Crippen molar-refractivity contribution in [3.8, 4) is 0 Å². The Morgan fingerprint density at radius 2 is 2.15 bits per heavy atom. The molecule has 1 fully saturated rings. The summed E-state index contributed by atoms with van der Waals surface area (Å²) < 4.78 is 0. The summed E-state index contributed by atoms with van der Waals surface area (Å²) in [4.78, 5) is 6.91. The van der Waals surface area contributed by atoms with Crippen molar-refractivity contribution in [2.24, 2.45) is 0 Å². The van der Waals surface area contributed by atoms with Gasteiger partial charge in [0.25, 0.3) is 0 Å². The van der Waals surface area contributed by atoms with E-state index in [0.717, 1.165) is 23.1 Å². The van der Waals surface area contributed by atoms with Crippen molar-refractivity contribution in [3.05, 3.63) is 30.5 Å². The molecule has 1 aliphatic rings. The van der Waals surface area contributed by atoms with Crippen LogP contribution in [0.5, 0.6) is 0 Å². The number of hydrogen-bond donors (Lipinski definition) is 1. The average molecular weight is 269 g/mol. The molecule has 0 saturated carbocycles. The normalized spacial score (nSPS) is 20.1. The fraction of sp³-hybridized carbons (Fsp3) is 0.471. The lowest BCUT2D eigenvalue weighted by Crippen LogP contribution is -2.34. The molecule has 1 atom stereocenters. The minimum Gasteiger partial charge on any atom is -0.396 e. The third-order valence-corrected chi connectivity index (χ3v) is 4.46. The molecule has 1 aromatic carbocycles. The monoisotopic (exact) mass is 269 g/mol. The predicted molar refractivity (Wildman–Crippen MR) is 86.0 cm³/mol. The van der Waals surface area contributed by atoms with Crippen molar-refractivity contribution < 1.29 is 0 Å². The second-order valence-corrected chi connectivity index (χ2v) is 5.67. The van der Waals surface area contributed by atoms with Crippen molar-refractivity contribution in [3.63, 3.8) is 0 Å². The number of nitrogens with two attached hydrogens (primary N) is 1. The number of aromatic nitrogens is 1. The summed E-state index contributed by atoms with van der Waals surface area (Å²) >= 11 is 0. The summed E-state index contributed by atoms with van der Waals surface area (Å²) in [6, 6.07) is 8.90. The van der Waals surface area contributed by atoms with Gasteiger partial charge in [0.1, 0.15) is 0 Å². The quantitative estimate of drug-likeness (QED) is 0.839. The van der Waals surface area contributed by atoms with Crippen LogP contribution >= 0.6 is 0 Å². The van der Waals surface area contributed by atoms with E-state index in [1.165, 1.54) is 37.8 Å². The van der Waals surface area contributed by atoms with Gasteiger partial charge in [0.2, 0.25) is 0 Å². The first-order chi connectivity index (χ1) is 9.81. The average Bonchev–Trinajstić information content (AvgIpc) is 2.73. The molecular weight excluding hydrogens is 246 g/mol. The van der Waals surface area contributed by atoms with E-state index in [2.05, 4.69) is 35.0 Å². The largest absolute Gasteiger partial charge is 0.396 e. The molecule has 3 heteroatoms. The van der Waals surface area contributed by atoms with Crippen molar-refractivity contribution in [1.82, 2.24) is 4.98 Å². The van der Waals surface area contributed by atoms with Crippen molar-refractivity contribution >= 4 is 22.3 Å². The Labute approximate surface area is 120 Å². The van der Waals surface area contributed by atoms with E-state index in [-0.39, 0.29) is 0 Å². The van der Waals surface area contributed by atoms with Gasteiger partial charge < -0.3 is 10.6 Å². The van der Waals surface area contributed by atoms with E-state index >= 15 is 0 Å². The molecule has 2 heterocycles. The Balaban J connectivity index is 2.05. The first-order valence-corrected chi connectivity index (χ1v) is 7.71. The van der Waals surface area contributed by atoms with Crippen LogP contribution in [0.2, 0.25) is 0 Å². The Morgan fingerprint density at radius 1 is 1.25 bits per heavy atom. The van der Waals surface area contributed by atoms with E-state index in [0.29, 0.717) is 6.04 Å². The fourth-order valence-corrected chi connectivity index (χ4v) is 3.33. The fourth-order valence-electron chi connectivity index (χ4n) is 3.33. The summed E-state index contributed by atoms with van der Waals surface area (Å²) in [5, 5.41) is 1.07. The maximum atomic E-state index is 6.44. The van der Waals surface area contributed by atoms with E-state index < -0.39 is 0 Å². The predicted octanol–water partition coefficient (Wildman–Crippen LogP) is 3.98. The zero-order valence-corrected chi connectivity index (χ0v) is 12.2. The molecule has 0 amide bonds. The molecule has 0 spiro atoms. The molecular formula is C17H23N3. The number of benzene rings is 1. The lowest BCUT2D eigenvalue weighted by Gasteiger charge is -2.32. The molecule has 3 rings (SSSR count). The van der Waals surface area contributed by atoms with Gasteiger partial charge in [0.15, 0.2) is 0 Å². The van der Waals surface area contributed by atoms with Gasteiger partial charge in [-0.05, 0) is 43.5 Å². The van der Waals surface area contributed by atoms with Crippen LogP contribution in [0.1, 0.15) is 39.0 Å². The number of fused-ring (bicyclic) bond motifs is 1. The Bertz CT molecular complexity index is 594. The zero-order valence-electron chi connectivity index (χ0n) is 12.2. The first kappa shape index (κ1) is 13.2. The van der Waals surface area contributed by atoms with Crippen LogP contribution in [0, 0.1) is 0 Å². The van der Waals surface area contributed by atoms with Crippen molar-refractivity contribution in [1.29, 1.82) is 0 Å². The highest BCUT2D eigenvalue weighted by Crippen LogP contribution is 2.34. The molecule has 1 aliphatic heterocycles. The van der Waals surface area contributed by atoms with Gasteiger partial charge >= 0.3 is 0 Å². The topological polar surface area (TPSA) is 42.2 Å². The summed E-state index contributed by atoms with van der Waals surface area (Å²) in [6.07, 6.45) is 8.22. The Morgan fingerprint density at radius 3 is 3.00 bits per heavy atom. The van der Waals surface area contributed by atoms with Crippen LogP contribution in [0.15, 0.2) is 30.5 Å². The van der Waals surface area contributed by atoms with Crippen molar-refractivity contribution in [2.75, 3.05) is 17.2 Å². The molecule has 20 heavy (non-hydrogen) atoms. The highest BCUT2D eigenvalue weighted by molar-refractivity contribution is 5.97. The van der Waals surface area contributed by atoms with Gasteiger partial charge in [-0.15, -0.1) is 0 Å². The molecule has 2 aromatic rings. The van der Waals surface area contributed by atoms with Crippen LogP contribution in [0.25, 0.3) is 10.9 Å². The number of pyridine rings is 1. The molecule has 1 saturated heterocycles. The zero-order chi connectivity index (χ0) is 13.9. The Kier molecular flexibility index (Phi) is 3.77. The minimum absolute atomic E-state index is 0.619. The van der Waals surface area contributed by atoms with Crippen LogP contribution in [0.3, 0.4) is 0 Å². The van der Waals surface area contributed by atoms with Gasteiger partial charge in [-0.25, -0.2) is 0 Å². The molecule has 0 bridgehead atoms. The highest BCUT2D eigenvalue weighted by Gasteiger charge is 2.22. The third-order valence-electron chi connectivity index (χ3n) is 4.46. The second-order valence-electron chi connectivity index (χ2n) is 5.67. The van der Waals surface area contributed by atoms with Crippen LogP contribution in [-0.2, 0) is 0 Å². The molecule has 3 nitrogen and oxygen atoms in total. The number of anilines is 2. The van der Waals surface area contributed by atoms with E-state index in [4.69, 9.17) is 5.73 Å². The summed E-state index contributed by atoms with van der Waals surface area (Å²) in [5.41, 5.74) is 9.50. The molecule has 1 unspecified atom stereocenters. The molecule has 0 radical (unpaired) electrons. The van der Waals surface area contributed by atoms with E-state index in [1.54, 1.807) is 0 Å². The van der Waals surface area contributed by atoms with Crippen molar-refractivity contribution in [2.45, 2.75) is 45.1 Å². The molecule has 1 aromatic heterocycles. The van der Waals surface area contributed by atoms with Crippen LogP contribution in [0.4, 0.5) is 11.4 Å². The molecule has 106 valence electrons. The number of nitrogen functional groups attached to an aromatic ring is 1. The van der Waals surface area contributed by atoms with Crippen LogP contribution in [-0.4, -0.2) is 17.6 Å². The summed E-state index contributed by atoms with van der Waals surface area (Å²) in [7, 11) is 0. The van der Waals surface area contributed by atoms with Gasteiger partial charge in [-0.3, -0.25) is 4.98 Å². The number of rotatable bonds is 2. The molecule has 2 N–H and O–H groups in total. The maximum Gasteiger partial charge on any atom is 0.0724 e. The lowest BCUT2D eigenvalue weighted by molar-refractivity contribution is 0.557. The standard InChI is InChI=1S/C17H23N3/c1-2-13-7-4-3-5-12-20(13)16-10-9-15-14(17(16)18)8-6-11-19-15/h6,8-11,13H,2-5,7,12,18H2,1H3. The third kappa shape index (κ3) is 2.33. The molecule has 0 aliphatic carbocycles. The lowest BCUT2D eigenvalue weighted by atomic mass is 10.1. The Hall–Kier alpha value is -1.77. The van der Waals surface area contributed by atoms with Gasteiger partial charge in [0, 0.05) is 24.2 Å².